The lowest BCUT2D eigenvalue weighted by molar-refractivity contribution is -0.135. The topological polar surface area (TPSA) is 77.0 Å². The maximum absolute atomic E-state index is 12.0. The Labute approximate surface area is 94.4 Å². The third-order valence-electron chi connectivity index (χ3n) is 3.01. The first-order chi connectivity index (χ1) is 7.66. The summed E-state index contributed by atoms with van der Waals surface area (Å²) in [7, 11) is 0. The third kappa shape index (κ3) is 2.38. The summed E-state index contributed by atoms with van der Waals surface area (Å²) in [6.07, 6.45) is 5.03. The number of carbonyl (C=O) groups excluding carboxylic acids is 1. The van der Waals surface area contributed by atoms with Crippen LogP contribution in [0.5, 0.6) is 0 Å². The molecule has 0 bridgehead atoms. The zero-order chi connectivity index (χ0) is 11.5. The molecule has 1 saturated heterocycles. The van der Waals surface area contributed by atoms with Gasteiger partial charge in [0.2, 0.25) is 5.91 Å². The van der Waals surface area contributed by atoms with Gasteiger partial charge in [0.05, 0.1) is 6.20 Å². The van der Waals surface area contributed by atoms with E-state index in [9.17, 15) is 4.79 Å². The van der Waals surface area contributed by atoms with E-state index >= 15 is 0 Å². The summed E-state index contributed by atoms with van der Waals surface area (Å²) in [4.78, 5) is 13.9. The molecule has 2 heterocycles. The smallest absolute Gasteiger partial charge is 0.244 e. The van der Waals surface area contributed by atoms with Crippen LogP contribution in [0.3, 0.4) is 0 Å². The molecule has 16 heavy (non-hydrogen) atoms. The molecule has 2 atom stereocenters. The molecule has 6 heteroatoms. The van der Waals surface area contributed by atoms with Crippen molar-refractivity contribution < 1.29 is 4.79 Å². The van der Waals surface area contributed by atoms with E-state index in [0.717, 1.165) is 19.4 Å². The molecule has 1 fully saturated rings. The van der Waals surface area contributed by atoms with Crippen LogP contribution in [-0.2, 0) is 11.3 Å². The van der Waals surface area contributed by atoms with Crippen molar-refractivity contribution in [3.63, 3.8) is 0 Å². The Morgan fingerprint density at radius 3 is 3.06 bits per heavy atom. The van der Waals surface area contributed by atoms with E-state index in [2.05, 4.69) is 10.3 Å². The number of carbonyl (C=O) groups is 1. The summed E-state index contributed by atoms with van der Waals surface area (Å²) in [5.74, 6) is 0.0879. The first kappa shape index (κ1) is 11.1. The fourth-order valence-electron chi connectivity index (χ4n) is 2.13. The van der Waals surface area contributed by atoms with Gasteiger partial charge in [-0.1, -0.05) is 5.21 Å². The zero-order valence-electron chi connectivity index (χ0n) is 9.41. The van der Waals surface area contributed by atoms with Crippen LogP contribution in [0.25, 0.3) is 0 Å². The Morgan fingerprint density at radius 2 is 2.44 bits per heavy atom. The predicted octanol–water partition coefficient (Wildman–Crippen LogP) is -0.384. The lowest BCUT2D eigenvalue weighted by Crippen LogP contribution is -2.49. The Morgan fingerprint density at radius 1 is 1.62 bits per heavy atom. The van der Waals surface area contributed by atoms with Crippen LogP contribution < -0.4 is 5.73 Å². The maximum atomic E-state index is 12.0. The van der Waals surface area contributed by atoms with Crippen LogP contribution in [0.4, 0.5) is 0 Å². The van der Waals surface area contributed by atoms with Gasteiger partial charge in [-0.3, -0.25) is 4.79 Å². The minimum absolute atomic E-state index is 0.0879. The minimum atomic E-state index is 0.0879. The first-order valence-electron chi connectivity index (χ1n) is 5.56. The molecule has 6 nitrogen and oxygen atoms in total. The van der Waals surface area contributed by atoms with Gasteiger partial charge in [-0.15, -0.1) is 5.10 Å². The molecule has 1 aromatic rings. The fourth-order valence-corrected chi connectivity index (χ4v) is 2.13. The Balaban J connectivity index is 1.94. The largest absolute Gasteiger partial charge is 0.338 e. The second kappa shape index (κ2) is 4.61. The molecular formula is C10H17N5O. The summed E-state index contributed by atoms with van der Waals surface area (Å²) >= 11 is 0. The molecule has 2 unspecified atom stereocenters. The van der Waals surface area contributed by atoms with Crippen molar-refractivity contribution >= 4 is 5.91 Å². The fraction of sp³-hybridized carbons (Fsp3) is 0.700. The van der Waals surface area contributed by atoms with Crippen molar-refractivity contribution in [2.75, 3.05) is 6.54 Å². The minimum Gasteiger partial charge on any atom is -0.338 e. The number of hydrogen-bond donors (Lipinski definition) is 1. The average Bonchev–Trinajstić information content (AvgIpc) is 2.70. The molecule has 2 rings (SSSR count). The maximum Gasteiger partial charge on any atom is 0.244 e. The highest BCUT2D eigenvalue weighted by molar-refractivity contribution is 5.76. The number of hydrogen-bond acceptors (Lipinski definition) is 4. The first-order valence-corrected chi connectivity index (χ1v) is 5.56. The Kier molecular flexibility index (Phi) is 3.19. The van der Waals surface area contributed by atoms with E-state index in [1.54, 1.807) is 17.1 Å². The van der Waals surface area contributed by atoms with E-state index in [0.29, 0.717) is 0 Å². The van der Waals surface area contributed by atoms with Gasteiger partial charge >= 0.3 is 0 Å². The summed E-state index contributed by atoms with van der Waals surface area (Å²) in [5.41, 5.74) is 5.86. The molecule has 0 aromatic carbocycles. The highest BCUT2D eigenvalue weighted by atomic mass is 16.2. The van der Waals surface area contributed by atoms with Gasteiger partial charge in [-0.25, -0.2) is 4.68 Å². The Hall–Kier alpha value is -1.43. The number of piperidine rings is 1. The molecule has 0 aliphatic carbocycles. The SMILES string of the molecule is CC1CC(N)CCN1C(=O)Cn1ccnn1. The summed E-state index contributed by atoms with van der Waals surface area (Å²) in [6, 6.07) is 0.449. The van der Waals surface area contributed by atoms with E-state index < -0.39 is 0 Å². The second-order valence-corrected chi connectivity index (χ2v) is 4.32. The molecule has 1 aliphatic heterocycles. The zero-order valence-corrected chi connectivity index (χ0v) is 9.41. The molecule has 1 aliphatic rings. The van der Waals surface area contributed by atoms with E-state index in [4.69, 9.17) is 5.73 Å². The van der Waals surface area contributed by atoms with Crippen LogP contribution in [0, 0.1) is 0 Å². The van der Waals surface area contributed by atoms with Crippen molar-refractivity contribution in [3.05, 3.63) is 12.4 Å². The quantitative estimate of drug-likeness (QED) is 0.741. The Bertz CT molecular complexity index is 350. The van der Waals surface area contributed by atoms with Crippen molar-refractivity contribution in [3.8, 4) is 0 Å². The normalized spacial score (nSPS) is 25.8. The lowest BCUT2D eigenvalue weighted by atomic mass is 9.99. The molecule has 1 amide bonds. The molecular weight excluding hydrogens is 206 g/mol. The van der Waals surface area contributed by atoms with E-state index in [1.807, 2.05) is 11.8 Å². The molecule has 1 aromatic heterocycles. The van der Waals surface area contributed by atoms with Gasteiger partial charge in [-0.05, 0) is 19.8 Å². The lowest BCUT2D eigenvalue weighted by Gasteiger charge is -2.36. The van der Waals surface area contributed by atoms with Gasteiger partial charge in [0.25, 0.3) is 0 Å². The van der Waals surface area contributed by atoms with E-state index in [1.165, 1.54) is 0 Å². The number of aromatic nitrogens is 3. The van der Waals surface area contributed by atoms with Gasteiger partial charge in [0.1, 0.15) is 6.54 Å². The molecule has 0 radical (unpaired) electrons. The molecule has 88 valence electrons. The number of amides is 1. The number of rotatable bonds is 2. The van der Waals surface area contributed by atoms with Gasteiger partial charge < -0.3 is 10.6 Å². The molecule has 0 saturated carbocycles. The van der Waals surface area contributed by atoms with Crippen LogP contribution >= 0.6 is 0 Å². The van der Waals surface area contributed by atoms with Crippen molar-refractivity contribution in [2.24, 2.45) is 5.73 Å². The standard InChI is InChI=1S/C10H17N5O/c1-8-6-9(11)2-4-15(8)10(16)7-14-5-3-12-13-14/h3,5,8-9H,2,4,6-7,11H2,1H3. The van der Waals surface area contributed by atoms with E-state index in [-0.39, 0.29) is 24.5 Å². The summed E-state index contributed by atoms with van der Waals surface area (Å²) in [5, 5.41) is 7.46. The monoisotopic (exact) mass is 223 g/mol. The number of nitrogens with two attached hydrogens (primary N) is 1. The van der Waals surface area contributed by atoms with Crippen molar-refractivity contribution in [1.29, 1.82) is 0 Å². The molecule has 2 N–H and O–H groups in total. The highest BCUT2D eigenvalue weighted by Gasteiger charge is 2.26. The van der Waals surface area contributed by atoms with Gasteiger partial charge in [0, 0.05) is 24.8 Å². The average molecular weight is 223 g/mol. The van der Waals surface area contributed by atoms with Crippen LogP contribution in [0.1, 0.15) is 19.8 Å². The predicted molar refractivity (Wildman–Crippen MR) is 58.4 cm³/mol. The third-order valence-corrected chi connectivity index (χ3v) is 3.01. The van der Waals surface area contributed by atoms with Crippen molar-refractivity contribution in [1.82, 2.24) is 19.9 Å². The van der Waals surface area contributed by atoms with Crippen LogP contribution in [-0.4, -0.2) is 44.4 Å². The molecule has 0 spiro atoms. The summed E-state index contributed by atoms with van der Waals surface area (Å²) in [6.45, 7) is 3.05. The number of likely N-dealkylation sites (tertiary alicyclic amines) is 1. The summed E-state index contributed by atoms with van der Waals surface area (Å²) < 4.78 is 1.55. The highest BCUT2D eigenvalue weighted by Crippen LogP contribution is 2.16. The van der Waals surface area contributed by atoms with Gasteiger partial charge in [0.15, 0.2) is 0 Å². The van der Waals surface area contributed by atoms with Crippen molar-refractivity contribution in [2.45, 2.75) is 38.4 Å². The van der Waals surface area contributed by atoms with Gasteiger partial charge in [-0.2, -0.15) is 0 Å². The van der Waals surface area contributed by atoms with Crippen LogP contribution in [0.2, 0.25) is 0 Å². The van der Waals surface area contributed by atoms with Crippen LogP contribution in [0.15, 0.2) is 12.4 Å². The second-order valence-electron chi connectivity index (χ2n) is 4.32. The number of nitrogens with zero attached hydrogens (tertiary/aromatic N) is 4.